The van der Waals surface area contributed by atoms with Crippen LogP contribution in [-0.4, -0.2) is 57.1 Å². The van der Waals surface area contributed by atoms with Crippen LogP contribution in [0.3, 0.4) is 0 Å². The lowest BCUT2D eigenvalue weighted by atomic mass is 9.77. The number of ether oxygens (including phenoxy) is 1. The summed E-state index contributed by atoms with van der Waals surface area (Å²) in [6, 6.07) is 33.4. The first-order chi connectivity index (χ1) is 20.1. The number of rotatable bonds is 6. The molecule has 8 nitrogen and oxygen atoms in total. The third kappa shape index (κ3) is 3.90. The predicted octanol–water partition coefficient (Wildman–Crippen LogP) is 5.60. The smallest absolute Gasteiger partial charge is 0.373 e. The largest absolute Gasteiger partial charge is 0.475 e. The van der Waals surface area contributed by atoms with Crippen LogP contribution in [0.2, 0.25) is 0 Å². The first kappa shape index (κ1) is 25.0. The molecule has 2 N–H and O–H groups in total. The summed E-state index contributed by atoms with van der Waals surface area (Å²) in [7, 11) is 0. The van der Waals surface area contributed by atoms with Crippen molar-refractivity contribution in [3.05, 3.63) is 125 Å². The molecule has 0 spiro atoms. The number of nitrogens with one attached hydrogen (secondary N) is 1. The SMILES string of the molecule is Cc1c2nc(C(=O)O)nc2cc2c1c(N1CCOCC1)[nH]n2C(c1ccccc1)(c1ccccc1)c1ccccc1. The number of fused-ring (bicyclic) bond motifs is 2. The van der Waals surface area contributed by atoms with E-state index in [1.165, 1.54) is 0 Å². The van der Waals surface area contributed by atoms with Crippen LogP contribution in [0, 0.1) is 6.92 Å². The Morgan fingerprint density at radius 1 is 0.854 bits per heavy atom. The number of imidazole rings is 1. The van der Waals surface area contributed by atoms with E-state index in [0.717, 1.165) is 52.1 Å². The summed E-state index contributed by atoms with van der Waals surface area (Å²) >= 11 is 0. The summed E-state index contributed by atoms with van der Waals surface area (Å²) in [5, 5.41) is 14.5. The number of morpholine rings is 1. The third-order valence-electron chi connectivity index (χ3n) is 8.07. The van der Waals surface area contributed by atoms with Crippen LogP contribution in [-0.2, 0) is 10.3 Å². The van der Waals surface area contributed by atoms with Gasteiger partial charge in [0, 0.05) is 18.5 Å². The Hall–Kier alpha value is -4.95. The average molecular weight is 544 g/mol. The van der Waals surface area contributed by atoms with E-state index in [2.05, 4.69) is 97.4 Å². The fraction of sp³-hybridized carbons (Fsp3) is 0.182. The number of aromatic carboxylic acids is 1. The summed E-state index contributed by atoms with van der Waals surface area (Å²) in [5.74, 6) is -0.380. The molecule has 0 aliphatic carbocycles. The molecule has 2 aromatic heterocycles. The number of aromatic amines is 1. The molecule has 1 aliphatic heterocycles. The first-order valence-corrected chi connectivity index (χ1v) is 13.7. The maximum atomic E-state index is 11.9. The van der Waals surface area contributed by atoms with Crippen molar-refractivity contribution in [2.24, 2.45) is 0 Å². The van der Waals surface area contributed by atoms with Crippen molar-refractivity contribution in [2.45, 2.75) is 12.5 Å². The molecule has 0 unspecified atom stereocenters. The first-order valence-electron chi connectivity index (χ1n) is 13.7. The highest BCUT2D eigenvalue weighted by Gasteiger charge is 2.41. The third-order valence-corrected chi connectivity index (χ3v) is 8.07. The lowest BCUT2D eigenvalue weighted by Crippen LogP contribution is -2.40. The minimum absolute atomic E-state index is 0.195. The maximum Gasteiger partial charge on any atom is 0.373 e. The molecule has 8 heteroatoms. The number of carboxylic acids is 1. The van der Waals surface area contributed by atoms with E-state index in [4.69, 9.17) is 4.74 Å². The number of benzene rings is 4. The van der Waals surface area contributed by atoms with Gasteiger partial charge in [-0.15, -0.1) is 0 Å². The van der Waals surface area contributed by atoms with Crippen molar-refractivity contribution in [3.8, 4) is 0 Å². The topological polar surface area (TPSA) is 96.3 Å². The van der Waals surface area contributed by atoms with Crippen LogP contribution < -0.4 is 4.90 Å². The van der Waals surface area contributed by atoms with Gasteiger partial charge in [-0.2, -0.15) is 0 Å². The molecule has 3 heterocycles. The molecule has 1 fully saturated rings. The van der Waals surface area contributed by atoms with Gasteiger partial charge < -0.3 is 14.7 Å². The second-order valence-electron chi connectivity index (χ2n) is 10.3. The Kier molecular flexibility index (Phi) is 6.05. The second kappa shape index (κ2) is 9.91. The number of aromatic nitrogens is 4. The zero-order valence-electron chi connectivity index (χ0n) is 22.6. The van der Waals surface area contributed by atoms with Crippen LogP contribution in [0.1, 0.15) is 32.9 Å². The van der Waals surface area contributed by atoms with Gasteiger partial charge >= 0.3 is 5.97 Å². The monoisotopic (exact) mass is 543 g/mol. The molecule has 4 aromatic carbocycles. The van der Waals surface area contributed by atoms with E-state index in [0.29, 0.717) is 24.2 Å². The number of nitrogens with zero attached hydrogens (tertiary/aromatic N) is 4. The molecule has 41 heavy (non-hydrogen) atoms. The molecule has 1 aliphatic rings. The molecule has 1 saturated heterocycles. The van der Waals surface area contributed by atoms with E-state index >= 15 is 0 Å². The normalized spacial score (nSPS) is 14.1. The molecule has 0 atom stereocenters. The van der Waals surface area contributed by atoms with E-state index in [9.17, 15) is 9.90 Å². The van der Waals surface area contributed by atoms with Crippen molar-refractivity contribution in [3.63, 3.8) is 0 Å². The van der Waals surface area contributed by atoms with E-state index < -0.39 is 11.5 Å². The zero-order chi connectivity index (χ0) is 28.0. The lowest BCUT2D eigenvalue weighted by molar-refractivity contribution is 0.0685. The number of carbonyl (C=O) groups is 1. The van der Waals surface area contributed by atoms with E-state index in [1.54, 1.807) is 0 Å². The molecule has 0 amide bonds. The van der Waals surface area contributed by atoms with E-state index in [1.807, 2.05) is 31.2 Å². The van der Waals surface area contributed by atoms with Crippen molar-refractivity contribution in [1.29, 1.82) is 0 Å². The standard InChI is InChI=1S/C33H29N5O3/c1-22-28-27(21-26-29(22)35-30(34-26)32(39)40)38(36-31(28)37-17-19-41-20-18-37)33(23-11-5-2-6-12-23,24-13-7-3-8-14-24)25-15-9-4-10-16-25/h2-16,21,36H,17-20H2,1H3,(H,39,40). The van der Waals surface area contributed by atoms with Crippen molar-refractivity contribution in [2.75, 3.05) is 31.2 Å². The van der Waals surface area contributed by atoms with Gasteiger partial charge in [-0.1, -0.05) is 91.0 Å². The number of anilines is 1. The Morgan fingerprint density at radius 3 is 1.90 bits per heavy atom. The number of hydrogen-bond acceptors (Lipinski definition) is 5. The maximum absolute atomic E-state index is 11.9. The van der Waals surface area contributed by atoms with Gasteiger partial charge in [0.2, 0.25) is 5.82 Å². The summed E-state index contributed by atoms with van der Waals surface area (Å²) in [6.07, 6.45) is 0. The van der Waals surface area contributed by atoms with Gasteiger partial charge in [-0.05, 0) is 35.2 Å². The second-order valence-corrected chi connectivity index (χ2v) is 10.3. The summed E-state index contributed by atoms with van der Waals surface area (Å²) < 4.78 is 7.93. The molecule has 6 aromatic rings. The molecule has 0 saturated carbocycles. The Bertz CT molecular complexity index is 1760. The highest BCUT2D eigenvalue weighted by Crippen LogP contribution is 2.45. The Balaban J connectivity index is 1.66. The summed E-state index contributed by atoms with van der Waals surface area (Å²) in [5.41, 5.74) is 5.39. The lowest BCUT2D eigenvalue weighted by Gasteiger charge is -2.38. The summed E-state index contributed by atoms with van der Waals surface area (Å²) in [4.78, 5) is 23.0. The number of aryl methyl sites for hydroxylation is 1. The van der Waals surface area contributed by atoms with Crippen LogP contribution in [0.15, 0.2) is 97.1 Å². The minimum atomic E-state index is -1.14. The Morgan fingerprint density at radius 2 is 1.39 bits per heavy atom. The van der Waals surface area contributed by atoms with Gasteiger partial charge in [0.05, 0.1) is 29.8 Å². The number of H-pyrrole nitrogens is 1. The molecular formula is C33H29N5O3. The molecule has 204 valence electrons. The summed E-state index contributed by atoms with van der Waals surface area (Å²) in [6.45, 7) is 4.72. The van der Waals surface area contributed by atoms with Gasteiger partial charge in [-0.25, -0.2) is 14.8 Å². The van der Waals surface area contributed by atoms with Gasteiger partial charge in [-0.3, -0.25) is 9.78 Å². The van der Waals surface area contributed by atoms with Gasteiger partial charge in [0.1, 0.15) is 11.4 Å². The Labute approximate surface area is 236 Å². The predicted molar refractivity (Wildman–Crippen MR) is 159 cm³/mol. The van der Waals surface area contributed by atoms with Crippen LogP contribution in [0.5, 0.6) is 0 Å². The molecular weight excluding hydrogens is 514 g/mol. The quantitative estimate of drug-likeness (QED) is 0.266. The van der Waals surface area contributed by atoms with Crippen LogP contribution >= 0.6 is 0 Å². The minimum Gasteiger partial charge on any atom is -0.475 e. The fourth-order valence-electron chi connectivity index (χ4n) is 6.24. The highest BCUT2D eigenvalue weighted by atomic mass is 16.5. The molecule has 7 rings (SSSR count). The van der Waals surface area contributed by atoms with E-state index in [-0.39, 0.29) is 5.82 Å². The fourth-order valence-corrected chi connectivity index (χ4v) is 6.24. The van der Waals surface area contributed by atoms with Crippen molar-refractivity contribution >= 4 is 33.7 Å². The number of hydrogen-bond donors (Lipinski definition) is 2. The van der Waals surface area contributed by atoms with Gasteiger partial charge in [0.15, 0.2) is 0 Å². The molecule has 0 radical (unpaired) electrons. The van der Waals surface area contributed by atoms with Crippen molar-refractivity contribution in [1.82, 2.24) is 19.7 Å². The zero-order valence-corrected chi connectivity index (χ0v) is 22.6. The van der Waals surface area contributed by atoms with Gasteiger partial charge in [0.25, 0.3) is 0 Å². The highest BCUT2D eigenvalue weighted by molar-refractivity contribution is 6.05. The van der Waals surface area contributed by atoms with Crippen LogP contribution in [0.25, 0.3) is 21.9 Å². The van der Waals surface area contributed by atoms with Crippen molar-refractivity contribution < 1.29 is 14.6 Å². The number of carboxylic acid groups (broad SMARTS) is 1. The average Bonchev–Trinajstić information content (AvgIpc) is 3.63. The molecule has 0 bridgehead atoms. The van der Waals surface area contributed by atoms with Crippen LogP contribution in [0.4, 0.5) is 5.82 Å².